The Morgan fingerprint density at radius 3 is 3.11 bits per heavy atom. The van der Waals surface area contributed by atoms with Gasteiger partial charge in [0.2, 0.25) is 0 Å². The van der Waals surface area contributed by atoms with Crippen LogP contribution in [0.5, 0.6) is 0 Å². The SMILES string of the molecule is COC(=O)c1cccc(CN2CCCC2CO)c1. The summed E-state index contributed by atoms with van der Waals surface area (Å²) in [6.45, 7) is 1.99. The fourth-order valence-corrected chi connectivity index (χ4v) is 2.46. The molecule has 1 fully saturated rings. The molecule has 18 heavy (non-hydrogen) atoms. The number of hydrogen-bond acceptors (Lipinski definition) is 4. The van der Waals surface area contributed by atoms with E-state index in [4.69, 9.17) is 4.74 Å². The Kier molecular flexibility index (Phi) is 4.33. The first-order valence-corrected chi connectivity index (χ1v) is 6.26. The van der Waals surface area contributed by atoms with E-state index in [0.717, 1.165) is 31.5 Å². The van der Waals surface area contributed by atoms with Crippen LogP contribution >= 0.6 is 0 Å². The van der Waals surface area contributed by atoms with Crippen LogP contribution in [0.3, 0.4) is 0 Å². The van der Waals surface area contributed by atoms with Crippen LogP contribution in [0.25, 0.3) is 0 Å². The largest absolute Gasteiger partial charge is 0.465 e. The molecule has 0 aliphatic carbocycles. The number of hydrogen-bond donors (Lipinski definition) is 1. The van der Waals surface area contributed by atoms with E-state index in [1.54, 1.807) is 6.07 Å². The van der Waals surface area contributed by atoms with Crippen LogP contribution in [0.4, 0.5) is 0 Å². The van der Waals surface area contributed by atoms with Crippen molar-refractivity contribution in [3.63, 3.8) is 0 Å². The van der Waals surface area contributed by atoms with Crippen LogP contribution in [-0.2, 0) is 11.3 Å². The summed E-state index contributed by atoms with van der Waals surface area (Å²) in [5.74, 6) is -0.308. The molecule has 0 amide bonds. The summed E-state index contributed by atoms with van der Waals surface area (Å²) in [6.07, 6.45) is 2.18. The lowest BCUT2D eigenvalue weighted by Gasteiger charge is -2.22. The summed E-state index contributed by atoms with van der Waals surface area (Å²) in [5.41, 5.74) is 1.66. The van der Waals surface area contributed by atoms with E-state index in [9.17, 15) is 9.90 Å². The summed E-state index contributed by atoms with van der Waals surface area (Å²) in [5, 5.41) is 9.28. The zero-order valence-electron chi connectivity index (χ0n) is 10.6. The van der Waals surface area contributed by atoms with Crippen LogP contribution in [0.1, 0.15) is 28.8 Å². The van der Waals surface area contributed by atoms with Crippen LogP contribution in [0, 0.1) is 0 Å². The summed E-state index contributed by atoms with van der Waals surface area (Å²) < 4.78 is 4.71. The fraction of sp³-hybridized carbons (Fsp3) is 0.500. The lowest BCUT2D eigenvalue weighted by molar-refractivity contribution is 0.0600. The van der Waals surface area contributed by atoms with Gasteiger partial charge in [-0.05, 0) is 37.1 Å². The quantitative estimate of drug-likeness (QED) is 0.820. The molecule has 1 atom stereocenters. The van der Waals surface area contributed by atoms with E-state index < -0.39 is 0 Å². The standard InChI is InChI=1S/C14H19NO3/c1-18-14(17)12-5-2-4-11(8-12)9-15-7-3-6-13(15)10-16/h2,4-5,8,13,16H,3,6-7,9-10H2,1H3. The van der Waals surface area contributed by atoms with Crippen molar-refractivity contribution in [3.05, 3.63) is 35.4 Å². The predicted molar refractivity (Wildman–Crippen MR) is 68.3 cm³/mol. The Hall–Kier alpha value is -1.39. The Morgan fingerprint density at radius 2 is 2.39 bits per heavy atom. The number of methoxy groups -OCH3 is 1. The Bertz CT molecular complexity index is 419. The average Bonchev–Trinajstić information content (AvgIpc) is 2.85. The predicted octanol–water partition coefficient (Wildman–Crippen LogP) is 1.43. The maximum Gasteiger partial charge on any atom is 0.337 e. The molecule has 98 valence electrons. The minimum Gasteiger partial charge on any atom is -0.465 e. The van der Waals surface area contributed by atoms with E-state index in [2.05, 4.69) is 4.90 Å². The zero-order valence-corrected chi connectivity index (χ0v) is 10.6. The van der Waals surface area contributed by atoms with Gasteiger partial charge in [-0.1, -0.05) is 12.1 Å². The van der Waals surface area contributed by atoms with Gasteiger partial charge in [0, 0.05) is 12.6 Å². The maximum atomic E-state index is 11.4. The van der Waals surface area contributed by atoms with E-state index in [0.29, 0.717) is 5.56 Å². The summed E-state index contributed by atoms with van der Waals surface area (Å²) in [7, 11) is 1.39. The molecule has 0 bridgehead atoms. The summed E-state index contributed by atoms with van der Waals surface area (Å²) in [4.78, 5) is 13.7. The molecule has 1 aromatic rings. The molecule has 2 rings (SSSR count). The van der Waals surface area contributed by atoms with E-state index in [-0.39, 0.29) is 18.6 Å². The highest BCUT2D eigenvalue weighted by molar-refractivity contribution is 5.89. The van der Waals surface area contributed by atoms with Gasteiger partial charge in [-0.15, -0.1) is 0 Å². The first-order valence-electron chi connectivity index (χ1n) is 6.26. The lowest BCUT2D eigenvalue weighted by Crippen LogP contribution is -2.31. The van der Waals surface area contributed by atoms with E-state index >= 15 is 0 Å². The maximum absolute atomic E-state index is 11.4. The Morgan fingerprint density at radius 1 is 1.56 bits per heavy atom. The molecule has 1 aliphatic rings. The number of benzene rings is 1. The van der Waals surface area contributed by atoms with E-state index in [1.807, 2.05) is 18.2 Å². The van der Waals surface area contributed by atoms with Crippen molar-refractivity contribution >= 4 is 5.97 Å². The fourth-order valence-electron chi connectivity index (χ4n) is 2.46. The second-order valence-corrected chi connectivity index (χ2v) is 4.64. The van der Waals surface area contributed by atoms with Gasteiger partial charge >= 0.3 is 5.97 Å². The minimum absolute atomic E-state index is 0.205. The average molecular weight is 249 g/mol. The van der Waals surface area contributed by atoms with Crippen molar-refractivity contribution in [1.29, 1.82) is 0 Å². The van der Waals surface area contributed by atoms with Crippen LogP contribution in [0.2, 0.25) is 0 Å². The molecular weight excluding hydrogens is 230 g/mol. The molecule has 1 aliphatic heterocycles. The van der Waals surface area contributed by atoms with Gasteiger partial charge in [-0.25, -0.2) is 4.79 Å². The number of aliphatic hydroxyl groups excluding tert-OH is 1. The van der Waals surface area contributed by atoms with Crippen LogP contribution < -0.4 is 0 Å². The highest BCUT2D eigenvalue weighted by atomic mass is 16.5. The van der Waals surface area contributed by atoms with Gasteiger partial charge in [0.25, 0.3) is 0 Å². The Balaban J connectivity index is 2.07. The number of carbonyl (C=O) groups excluding carboxylic acids is 1. The van der Waals surface area contributed by atoms with Gasteiger partial charge in [0.05, 0.1) is 19.3 Å². The number of aliphatic hydroxyl groups is 1. The number of likely N-dealkylation sites (tertiary alicyclic amines) is 1. The minimum atomic E-state index is -0.308. The number of nitrogens with zero attached hydrogens (tertiary/aromatic N) is 1. The molecule has 1 N–H and O–H groups in total. The third-order valence-corrected chi connectivity index (χ3v) is 3.44. The highest BCUT2D eigenvalue weighted by Crippen LogP contribution is 2.20. The van der Waals surface area contributed by atoms with Crippen molar-refractivity contribution in [2.75, 3.05) is 20.3 Å². The molecule has 4 nitrogen and oxygen atoms in total. The smallest absolute Gasteiger partial charge is 0.337 e. The molecule has 1 saturated heterocycles. The topological polar surface area (TPSA) is 49.8 Å². The molecule has 0 aromatic heterocycles. The van der Waals surface area contributed by atoms with Crippen molar-refractivity contribution in [2.45, 2.75) is 25.4 Å². The van der Waals surface area contributed by atoms with Crippen molar-refractivity contribution in [1.82, 2.24) is 4.90 Å². The molecule has 1 aromatic carbocycles. The van der Waals surface area contributed by atoms with Crippen molar-refractivity contribution < 1.29 is 14.6 Å². The van der Waals surface area contributed by atoms with Crippen LogP contribution in [0.15, 0.2) is 24.3 Å². The second kappa shape index (κ2) is 5.98. The van der Waals surface area contributed by atoms with Gasteiger partial charge in [0.15, 0.2) is 0 Å². The van der Waals surface area contributed by atoms with Crippen LogP contribution in [-0.4, -0.2) is 42.3 Å². The first kappa shape index (κ1) is 13.1. The zero-order chi connectivity index (χ0) is 13.0. The van der Waals surface area contributed by atoms with Crippen molar-refractivity contribution in [2.24, 2.45) is 0 Å². The summed E-state index contributed by atoms with van der Waals surface area (Å²) in [6, 6.07) is 7.73. The third kappa shape index (κ3) is 2.89. The second-order valence-electron chi connectivity index (χ2n) is 4.64. The number of esters is 1. The normalized spacial score (nSPS) is 20.0. The first-order chi connectivity index (χ1) is 8.74. The van der Waals surface area contributed by atoms with Gasteiger partial charge in [0.1, 0.15) is 0 Å². The lowest BCUT2D eigenvalue weighted by atomic mass is 10.1. The van der Waals surface area contributed by atoms with Gasteiger partial charge < -0.3 is 9.84 Å². The number of rotatable bonds is 4. The molecule has 1 unspecified atom stereocenters. The molecular formula is C14H19NO3. The van der Waals surface area contributed by atoms with Crippen molar-refractivity contribution in [3.8, 4) is 0 Å². The monoisotopic (exact) mass is 249 g/mol. The number of ether oxygens (including phenoxy) is 1. The highest BCUT2D eigenvalue weighted by Gasteiger charge is 2.23. The third-order valence-electron chi connectivity index (χ3n) is 3.44. The molecule has 0 radical (unpaired) electrons. The Labute approximate surface area is 107 Å². The summed E-state index contributed by atoms with van der Waals surface area (Å²) >= 11 is 0. The van der Waals surface area contributed by atoms with E-state index in [1.165, 1.54) is 7.11 Å². The van der Waals surface area contributed by atoms with Gasteiger partial charge in [-0.3, -0.25) is 4.90 Å². The number of carbonyl (C=O) groups is 1. The van der Waals surface area contributed by atoms with Gasteiger partial charge in [-0.2, -0.15) is 0 Å². The molecule has 0 saturated carbocycles. The molecule has 1 heterocycles. The molecule has 4 heteroatoms. The molecule has 0 spiro atoms.